The highest BCUT2D eigenvalue weighted by Gasteiger charge is 2.26. The van der Waals surface area contributed by atoms with E-state index >= 15 is 0 Å². The number of hydrogen-bond donors (Lipinski definition) is 0. The highest BCUT2D eigenvalue weighted by molar-refractivity contribution is 7.89. The molecule has 1 saturated heterocycles. The van der Waals surface area contributed by atoms with Crippen LogP contribution in [0.1, 0.15) is 36.0 Å². The van der Waals surface area contributed by atoms with E-state index in [2.05, 4.69) is 0 Å². The molecule has 0 N–H and O–H groups in total. The summed E-state index contributed by atoms with van der Waals surface area (Å²) in [6.07, 6.45) is 4.78. The Hall–Kier alpha value is -1.72. The monoisotopic (exact) mass is 317 g/mol. The molecule has 5 heteroatoms. The molecule has 2 aromatic rings. The van der Waals surface area contributed by atoms with Crippen LogP contribution >= 0.6 is 0 Å². The predicted octanol–water partition coefficient (Wildman–Crippen LogP) is 3.22. The van der Waals surface area contributed by atoms with E-state index in [4.69, 9.17) is 0 Å². The standard InChI is InChI=1S/C17H19NO3S/c19-13-14-8-9-16-15(12-14)6-5-7-17(16)22(20,21)18-10-3-1-2-4-11-18/h5-9,12-13H,1-4,10-11H2. The van der Waals surface area contributed by atoms with E-state index in [1.165, 1.54) is 0 Å². The number of aldehydes is 1. The van der Waals surface area contributed by atoms with Gasteiger partial charge in [-0.2, -0.15) is 4.31 Å². The van der Waals surface area contributed by atoms with Crippen molar-refractivity contribution in [3.8, 4) is 0 Å². The minimum Gasteiger partial charge on any atom is -0.298 e. The lowest BCUT2D eigenvalue weighted by molar-refractivity contribution is 0.112. The lowest BCUT2D eigenvalue weighted by Crippen LogP contribution is -2.32. The van der Waals surface area contributed by atoms with Crippen LogP contribution in [0.3, 0.4) is 0 Å². The molecule has 0 aliphatic carbocycles. The summed E-state index contributed by atoms with van der Waals surface area (Å²) in [6.45, 7) is 1.18. The van der Waals surface area contributed by atoms with Crippen molar-refractivity contribution >= 4 is 27.1 Å². The molecule has 1 aliphatic heterocycles. The van der Waals surface area contributed by atoms with Gasteiger partial charge in [-0.25, -0.2) is 8.42 Å². The van der Waals surface area contributed by atoms with Gasteiger partial charge in [0.25, 0.3) is 0 Å². The van der Waals surface area contributed by atoms with Crippen LogP contribution in [0, 0.1) is 0 Å². The molecule has 0 radical (unpaired) electrons. The summed E-state index contributed by atoms with van der Waals surface area (Å²) in [5.41, 5.74) is 0.553. The van der Waals surface area contributed by atoms with Crippen LogP contribution in [0.4, 0.5) is 0 Å². The molecule has 1 aliphatic rings. The number of benzene rings is 2. The average molecular weight is 317 g/mol. The first-order valence-corrected chi connectivity index (χ1v) is 9.05. The lowest BCUT2D eigenvalue weighted by atomic mass is 10.1. The van der Waals surface area contributed by atoms with Crippen LogP contribution in [0.15, 0.2) is 41.3 Å². The van der Waals surface area contributed by atoms with Crippen LogP contribution in [-0.2, 0) is 10.0 Å². The number of hydrogen-bond acceptors (Lipinski definition) is 3. The van der Waals surface area contributed by atoms with Crippen molar-refractivity contribution in [1.82, 2.24) is 4.31 Å². The molecule has 1 heterocycles. The number of carbonyl (C=O) groups is 1. The van der Waals surface area contributed by atoms with Gasteiger partial charge in [0.15, 0.2) is 0 Å². The summed E-state index contributed by atoms with van der Waals surface area (Å²) in [5.74, 6) is 0. The first-order chi connectivity index (χ1) is 10.6. The zero-order chi connectivity index (χ0) is 15.6. The maximum Gasteiger partial charge on any atom is 0.243 e. The largest absolute Gasteiger partial charge is 0.298 e. The van der Waals surface area contributed by atoms with Crippen molar-refractivity contribution < 1.29 is 13.2 Å². The zero-order valence-electron chi connectivity index (χ0n) is 12.4. The number of sulfonamides is 1. The van der Waals surface area contributed by atoms with E-state index in [0.717, 1.165) is 37.4 Å². The summed E-state index contributed by atoms with van der Waals surface area (Å²) < 4.78 is 27.5. The maximum atomic E-state index is 13.0. The summed E-state index contributed by atoms with van der Waals surface area (Å²) in [5, 5.41) is 1.46. The number of nitrogens with zero attached hydrogens (tertiary/aromatic N) is 1. The summed E-state index contributed by atoms with van der Waals surface area (Å²) in [7, 11) is -3.49. The van der Waals surface area contributed by atoms with Gasteiger partial charge in [0.05, 0.1) is 4.90 Å². The second-order valence-corrected chi connectivity index (χ2v) is 7.58. The van der Waals surface area contributed by atoms with E-state index in [0.29, 0.717) is 28.9 Å². The van der Waals surface area contributed by atoms with Crippen molar-refractivity contribution in [3.63, 3.8) is 0 Å². The van der Waals surface area contributed by atoms with E-state index < -0.39 is 10.0 Å². The van der Waals surface area contributed by atoms with Crippen LogP contribution in [0.25, 0.3) is 10.8 Å². The fraction of sp³-hybridized carbons (Fsp3) is 0.353. The second kappa shape index (κ2) is 6.18. The van der Waals surface area contributed by atoms with E-state index in [1.54, 1.807) is 34.6 Å². The van der Waals surface area contributed by atoms with Crippen LogP contribution in [-0.4, -0.2) is 32.1 Å². The van der Waals surface area contributed by atoms with Gasteiger partial charge in [-0.1, -0.05) is 37.1 Å². The molecule has 1 fully saturated rings. The quantitative estimate of drug-likeness (QED) is 0.817. The first kappa shape index (κ1) is 15.2. The molecular formula is C17H19NO3S. The SMILES string of the molecule is O=Cc1ccc2c(S(=O)(=O)N3CCCCCC3)cccc2c1. The van der Waals surface area contributed by atoms with Crippen molar-refractivity contribution in [3.05, 3.63) is 42.0 Å². The van der Waals surface area contributed by atoms with Gasteiger partial charge in [-0.05, 0) is 30.4 Å². The highest BCUT2D eigenvalue weighted by atomic mass is 32.2. The third kappa shape index (κ3) is 2.78. The Bertz CT molecular complexity index is 791. The zero-order valence-corrected chi connectivity index (χ0v) is 13.2. The Balaban J connectivity index is 2.10. The van der Waals surface area contributed by atoms with Gasteiger partial charge in [-0.15, -0.1) is 0 Å². The molecule has 0 atom stereocenters. The third-order valence-electron chi connectivity index (χ3n) is 4.18. The molecule has 2 aromatic carbocycles. The highest BCUT2D eigenvalue weighted by Crippen LogP contribution is 2.27. The Kier molecular flexibility index (Phi) is 4.27. The smallest absolute Gasteiger partial charge is 0.243 e. The fourth-order valence-electron chi connectivity index (χ4n) is 2.99. The summed E-state index contributed by atoms with van der Waals surface area (Å²) >= 11 is 0. The van der Waals surface area contributed by atoms with Crippen molar-refractivity contribution in [2.45, 2.75) is 30.6 Å². The number of carbonyl (C=O) groups excluding carboxylic acids is 1. The third-order valence-corrected chi connectivity index (χ3v) is 6.14. The predicted molar refractivity (Wildman–Crippen MR) is 86.6 cm³/mol. The van der Waals surface area contributed by atoms with E-state index in [9.17, 15) is 13.2 Å². The molecule has 0 aromatic heterocycles. The first-order valence-electron chi connectivity index (χ1n) is 7.61. The molecule has 4 nitrogen and oxygen atoms in total. The Morgan fingerprint density at radius 2 is 1.68 bits per heavy atom. The van der Waals surface area contributed by atoms with Gasteiger partial charge in [-0.3, -0.25) is 4.79 Å². The van der Waals surface area contributed by atoms with Gasteiger partial charge in [0.1, 0.15) is 6.29 Å². The van der Waals surface area contributed by atoms with Crippen LogP contribution < -0.4 is 0 Å². The van der Waals surface area contributed by atoms with Crippen molar-refractivity contribution in [1.29, 1.82) is 0 Å². The molecule has 22 heavy (non-hydrogen) atoms. The Morgan fingerprint density at radius 1 is 0.955 bits per heavy atom. The van der Waals surface area contributed by atoms with E-state index in [1.807, 2.05) is 6.07 Å². The normalized spacial score (nSPS) is 17.3. The fourth-order valence-corrected chi connectivity index (χ4v) is 4.72. The minimum atomic E-state index is -3.49. The molecule has 0 saturated carbocycles. The summed E-state index contributed by atoms with van der Waals surface area (Å²) in [6, 6.07) is 10.3. The molecular weight excluding hydrogens is 298 g/mol. The van der Waals surface area contributed by atoms with Crippen molar-refractivity contribution in [2.24, 2.45) is 0 Å². The molecule has 0 spiro atoms. The molecule has 116 valence electrons. The molecule has 0 amide bonds. The number of fused-ring (bicyclic) bond motifs is 1. The average Bonchev–Trinajstić information content (AvgIpc) is 2.83. The van der Waals surface area contributed by atoms with Gasteiger partial charge >= 0.3 is 0 Å². The Labute approximate surface area is 130 Å². The molecule has 0 bridgehead atoms. The van der Waals surface area contributed by atoms with Crippen LogP contribution in [0.5, 0.6) is 0 Å². The topological polar surface area (TPSA) is 54.5 Å². The lowest BCUT2D eigenvalue weighted by Gasteiger charge is -2.21. The number of rotatable bonds is 3. The van der Waals surface area contributed by atoms with Crippen LogP contribution in [0.2, 0.25) is 0 Å². The molecule has 0 unspecified atom stereocenters. The second-order valence-electron chi connectivity index (χ2n) is 5.67. The van der Waals surface area contributed by atoms with Gasteiger partial charge < -0.3 is 0 Å². The summed E-state index contributed by atoms with van der Waals surface area (Å²) in [4.78, 5) is 11.2. The van der Waals surface area contributed by atoms with Gasteiger partial charge in [0.2, 0.25) is 10.0 Å². The van der Waals surface area contributed by atoms with Gasteiger partial charge in [0, 0.05) is 24.0 Å². The maximum absolute atomic E-state index is 13.0. The minimum absolute atomic E-state index is 0.337. The molecule has 3 rings (SSSR count). The van der Waals surface area contributed by atoms with E-state index in [-0.39, 0.29) is 0 Å². The Morgan fingerprint density at radius 3 is 2.36 bits per heavy atom. The van der Waals surface area contributed by atoms with Crippen molar-refractivity contribution in [2.75, 3.05) is 13.1 Å².